The van der Waals surface area contributed by atoms with Crippen LogP contribution in [0.4, 0.5) is 0 Å². The van der Waals surface area contributed by atoms with Gasteiger partial charge in [0, 0.05) is 25.1 Å². The van der Waals surface area contributed by atoms with E-state index in [2.05, 4.69) is 42.7 Å². The maximum absolute atomic E-state index is 6.21. The summed E-state index contributed by atoms with van der Waals surface area (Å²) in [6, 6.07) is 6.39. The predicted molar refractivity (Wildman–Crippen MR) is 124 cm³/mol. The Balaban J connectivity index is 0.00000225. The molecular formula is C22H34IN3O2. The highest BCUT2D eigenvalue weighted by molar-refractivity contribution is 14.0. The minimum absolute atomic E-state index is 0. The van der Waals surface area contributed by atoms with Crippen LogP contribution in [-0.4, -0.2) is 38.4 Å². The first-order valence-corrected chi connectivity index (χ1v) is 10.5. The third-order valence-corrected chi connectivity index (χ3v) is 6.10. The van der Waals surface area contributed by atoms with Crippen LogP contribution in [0.5, 0.6) is 5.75 Å². The van der Waals surface area contributed by atoms with Gasteiger partial charge in [0.2, 0.25) is 0 Å². The second kappa shape index (κ2) is 9.65. The number of aliphatic imine (C=N–C) groups is 1. The Hall–Kier alpha value is -1.02. The van der Waals surface area contributed by atoms with Crippen molar-refractivity contribution >= 4 is 29.9 Å². The zero-order valence-electron chi connectivity index (χ0n) is 17.1. The summed E-state index contributed by atoms with van der Waals surface area (Å²) < 4.78 is 11.7. The molecule has 1 aromatic carbocycles. The number of rotatable bonds is 8. The molecule has 0 bridgehead atoms. The van der Waals surface area contributed by atoms with Crippen molar-refractivity contribution in [1.82, 2.24) is 10.6 Å². The third-order valence-electron chi connectivity index (χ3n) is 6.10. The van der Waals surface area contributed by atoms with Crippen molar-refractivity contribution in [1.29, 1.82) is 0 Å². The van der Waals surface area contributed by atoms with E-state index >= 15 is 0 Å². The minimum Gasteiger partial charge on any atom is -0.488 e. The van der Waals surface area contributed by atoms with Gasteiger partial charge in [-0.2, -0.15) is 0 Å². The molecule has 28 heavy (non-hydrogen) atoms. The Morgan fingerprint density at radius 3 is 2.71 bits per heavy atom. The van der Waals surface area contributed by atoms with Gasteiger partial charge in [-0.15, -0.1) is 24.0 Å². The van der Waals surface area contributed by atoms with Crippen molar-refractivity contribution in [2.75, 3.05) is 26.3 Å². The van der Waals surface area contributed by atoms with Gasteiger partial charge in [-0.25, -0.2) is 4.99 Å². The Labute approximate surface area is 186 Å². The summed E-state index contributed by atoms with van der Waals surface area (Å²) in [5.74, 6) is 2.82. The number of nitrogens with one attached hydrogen (secondary N) is 2. The van der Waals surface area contributed by atoms with Crippen LogP contribution in [0.2, 0.25) is 0 Å². The molecule has 0 spiro atoms. The molecule has 2 aliphatic carbocycles. The summed E-state index contributed by atoms with van der Waals surface area (Å²) in [4.78, 5) is 4.84. The van der Waals surface area contributed by atoms with Gasteiger partial charge in [-0.3, -0.25) is 0 Å². The minimum atomic E-state index is 0. The molecule has 1 saturated heterocycles. The topological polar surface area (TPSA) is 54.9 Å². The standard InChI is InChI=1S/C22H33N3O2.HI/c1-3-23-21(25-15-22(9-10-22)18-6-7-18)24-13-17-5-4-16(2)12-20(17)27-19-8-11-26-14-19;/h4-5,12,18-19H,3,6-11,13-15H2,1-2H3,(H2,23,24,25);1H. The molecule has 0 radical (unpaired) electrons. The molecule has 6 heteroatoms. The second-order valence-corrected chi connectivity index (χ2v) is 8.40. The SMILES string of the molecule is CCNC(=NCc1ccc(C)cc1OC1CCOC1)NCC1(C2CC2)CC1.I. The zero-order valence-corrected chi connectivity index (χ0v) is 19.5. The smallest absolute Gasteiger partial charge is 0.191 e. The van der Waals surface area contributed by atoms with Gasteiger partial charge in [-0.1, -0.05) is 12.1 Å². The van der Waals surface area contributed by atoms with E-state index in [1.54, 1.807) is 0 Å². The van der Waals surface area contributed by atoms with E-state index in [0.29, 0.717) is 18.6 Å². The third kappa shape index (κ3) is 5.53. The lowest BCUT2D eigenvalue weighted by atomic mass is 10.0. The Morgan fingerprint density at radius 2 is 2.07 bits per heavy atom. The molecule has 4 rings (SSSR count). The van der Waals surface area contributed by atoms with Crippen LogP contribution in [-0.2, 0) is 11.3 Å². The number of ether oxygens (including phenoxy) is 2. The summed E-state index contributed by atoms with van der Waals surface area (Å²) >= 11 is 0. The van der Waals surface area contributed by atoms with Crippen molar-refractivity contribution in [3.8, 4) is 5.75 Å². The number of hydrogen-bond donors (Lipinski definition) is 2. The average Bonchev–Trinajstić information content (AvgIpc) is 3.58. The second-order valence-electron chi connectivity index (χ2n) is 8.40. The number of guanidine groups is 1. The van der Waals surface area contributed by atoms with Crippen molar-refractivity contribution in [2.24, 2.45) is 16.3 Å². The largest absolute Gasteiger partial charge is 0.488 e. The number of hydrogen-bond acceptors (Lipinski definition) is 3. The van der Waals surface area contributed by atoms with E-state index in [4.69, 9.17) is 14.5 Å². The maximum atomic E-state index is 6.21. The molecule has 3 fully saturated rings. The van der Waals surface area contributed by atoms with Crippen molar-refractivity contribution in [2.45, 2.75) is 58.6 Å². The fourth-order valence-corrected chi connectivity index (χ4v) is 4.04. The monoisotopic (exact) mass is 499 g/mol. The molecule has 0 amide bonds. The maximum Gasteiger partial charge on any atom is 0.191 e. The van der Waals surface area contributed by atoms with Crippen LogP contribution in [0.1, 0.15) is 50.2 Å². The van der Waals surface area contributed by atoms with Gasteiger partial charge in [0.15, 0.2) is 5.96 Å². The fourth-order valence-electron chi connectivity index (χ4n) is 4.04. The van der Waals surface area contributed by atoms with Crippen LogP contribution >= 0.6 is 24.0 Å². The van der Waals surface area contributed by atoms with Crippen LogP contribution in [0, 0.1) is 18.3 Å². The van der Waals surface area contributed by atoms with Crippen LogP contribution in [0.25, 0.3) is 0 Å². The van der Waals surface area contributed by atoms with Crippen molar-refractivity contribution in [3.63, 3.8) is 0 Å². The summed E-state index contributed by atoms with van der Waals surface area (Å²) in [5, 5.41) is 6.99. The number of benzene rings is 1. The molecule has 0 aromatic heterocycles. The molecule has 156 valence electrons. The first-order valence-electron chi connectivity index (χ1n) is 10.5. The van der Waals surface area contributed by atoms with Gasteiger partial charge in [-0.05, 0) is 62.5 Å². The molecule has 1 aromatic rings. The summed E-state index contributed by atoms with van der Waals surface area (Å²) in [6.45, 7) is 8.24. The van der Waals surface area contributed by atoms with Crippen LogP contribution < -0.4 is 15.4 Å². The molecule has 1 aliphatic heterocycles. The predicted octanol–water partition coefficient (Wildman–Crippen LogP) is 4.03. The first-order chi connectivity index (χ1) is 13.2. The van der Waals surface area contributed by atoms with E-state index in [1.165, 1.54) is 31.2 Å². The Morgan fingerprint density at radius 1 is 1.25 bits per heavy atom. The molecule has 2 saturated carbocycles. The van der Waals surface area contributed by atoms with Crippen molar-refractivity contribution in [3.05, 3.63) is 29.3 Å². The van der Waals surface area contributed by atoms with Gasteiger partial charge in [0.05, 0.1) is 19.8 Å². The molecule has 3 aliphatic rings. The Kier molecular flexibility index (Phi) is 7.48. The van der Waals surface area contributed by atoms with E-state index in [9.17, 15) is 0 Å². The average molecular weight is 499 g/mol. The number of aryl methyl sites for hydroxylation is 1. The molecular weight excluding hydrogens is 465 g/mol. The van der Waals surface area contributed by atoms with Gasteiger partial charge < -0.3 is 20.1 Å². The van der Waals surface area contributed by atoms with E-state index in [1.807, 2.05) is 0 Å². The summed E-state index contributed by atoms with van der Waals surface area (Å²) in [7, 11) is 0. The molecule has 2 N–H and O–H groups in total. The quantitative estimate of drug-likeness (QED) is 0.322. The highest BCUT2D eigenvalue weighted by Crippen LogP contribution is 2.60. The molecule has 5 nitrogen and oxygen atoms in total. The highest BCUT2D eigenvalue weighted by Gasteiger charge is 2.53. The van der Waals surface area contributed by atoms with Gasteiger partial charge in [0.25, 0.3) is 0 Å². The Bertz CT molecular complexity index is 680. The molecule has 1 heterocycles. The zero-order chi connectivity index (χ0) is 18.7. The summed E-state index contributed by atoms with van der Waals surface area (Å²) in [5.41, 5.74) is 2.91. The van der Waals surface area contributed by atoms with Gasteiger partial charge >= 0.3 is 0 Å². The summed E-state index contributed by atoms with van der Waals surface area (Å²) in [6.07, 6.45) is 6.72. The lowest BCUT2D eigenvalue weighted by Gasteiger charge is -2.19. The fraction of sp³-hybridized carbons (Fsp3) is 0.682. The van der Waals surface area contributed by atoms with Crippen LogP contribution in [0.15, 0.2) is 23.2 Å². The van der Waals surface area contributed by atoms with E-state index < -0.39 is 0 Å². The normalized spacial score (nSPS) is 23.1. The molecule has 1 atom stereocenters. The van der Waals surface area contributed by atoms with Crippen molar-refractivity contribution < 1.29 is 9.47 Å². The first kappa shape index (κ1) is 21.7. The van der Waals surface area contributed by atoms with Gasteiger partial charge in [0.1, 0.15) is 11.9 Å². The lowest BCUT2D eigenvalue weighted by Crippen LogP contribution is -2.40. The highest BCUT2D eigenvalue weighted by atomic mass is 127. The number of halogens is 1. The van der Waals surface area contributed by atoms with Crippen LogP contribution in [0.3, 0.4) is 0 Å². The lowest BCUT2D eigenvalue weighted by molar-refractivity contribution is 0.140. The van der Waals surface area contributed by atoms with E-state index in [0.717, 1.165) is 49.3 Å². The van der Waals surface area contributed by atoms with E-state index in [-0.39, 0.29) is 30.1 Å². The number of nitrogens with zero attached hydrogens (tertiary/aromatic N) is 1. The molecule has 1 unspecified atom stereocenters.